The highest BCUT2D eigenvalue weighted by atomic mass is 32.1. The number of benzene rings is 2. The molecule has 2 aromatic carbocycles. The lowest BCUT2D eigenvalue weighted by atomic mass is 9.96. The van der Waals surface area contributed by atoms with E-state index in [1.54, 1.807) is 18.2 Å². The predicted molar refractivity (Wildman–Crippen MR) is 161 cm³/mol. The van der Waals surface area contributed by atoms with Crippen LogP contribution in [-0.2, 0) is 24.2 Å². The largest absolute Gasteiger partial charge is 0.506 e. The Morgan fingerprint density at radius 3 is 2.45 bits per heavy atom. The van der Waals surface area contributed by atoms with Gasteiger partial charge in [-0.05, 0) is 60.3 Å². The van der Waals surface area contributed by atoms with Crippen LogP contribution in [0.5, 0.6) is 5.75 Å². The summed E-state index contributed by atoms with van der Waals surface area (Å²) in [6.45, 7) is 1.81. The number of pyridine rings is 1. The number of rotatable bonds is 13. The van der Waals surface area contributed by atoms with Crippen molar-refractivity contribution in [3.63, 3.8) is 0 Å². The fourth-order valence-corrected chi connectivity index (χ4v) is 6.24. The first-order valence-electron chi connectivity index (χ1n) is 13.9. The van der Waals surface area contributed by atoms with Crippen LogP contribution in [0.4, 0.5) is 0 Å². The van der Waals surface area contributed by atoms with E-state index in [9.17, 15) is 29.7 Å². The van der Waals surface area contributed by atoms with Crippen LogP contribution in [0.3, 0.4) is 0 Å². The molecule has 0 saturated carbocycles. The van der Waals surface area contributed by atoms with Crippen LogP contribution in [0.15, 0.2) is 65.5 Å². The van der Waals surface area contributed by atoms with Crippen molar-refractivity contribution in [1.82, 2.24) is 20.9 Å². The number of unbranched alkanes of at least 4 members (excludes halogenated alkanes) is 1. The van der Waals surface area contributed by atoms with Crippen LogP contribution in [0.25, 0.3) is 10.9 Å². The van der Waals surface area contributed by atoms with Crippen LogP contribution in [0, 0.1) is 0 Å². The molecule has 1 amide bonds. The number of amides is 1. The molecule has 7 N–H and O–H groups in total. The molecule has 1 aliphatic rings. The number of carbonyl (C=O) groups excluding carboxylic acids is 1. The highest BCUT2D eigenvalue weighted by Crippen LogP contribution is 2.31. The molecule has 0 bridgehead atoms. The fourth-order valence-electron chi connectivity index (χ4n) is 5.38. The molecule has 0 radical (unpaired) electrons. The Labute approximate surface area is 246 Å². The van der Waals surface area contributed by atoms with Crippen LogP contribution < -0.4 is 21.5 Å². The predicted octanol–water partition coefficient (Wildman–Crippen LogP) is 2.84. The first-order valence-corrected chi connectivity index (χ1v) is 14.7. The first-order chi connectivity index (χ1) is 20.3. The van der Waals surface area contributed by atoms with E-state index in [-0.39, 0.29) is 17.2 Å². The zero-order valence-electron chi connectivity index (χ0n) is 23.0. The summed E-state index contributed by atoms with van der Waals surface area (Å²) in [5.41, 5.74) is 1.64. The van der Waals surface area contributed by atoms with Crippen LogP contribution in [0.1, 0.15) is 50.2 Å². The summed E-state index contributed by atoms with van der Waals surface area (Å²) >= 11 is 1.35. The van der Waals surface area contributed by atoms with Gasteiger partial charge in [0.05, 0.1) is 16.5 Å². The summed E-state index contributed by atoms with van der Waals surface area (Å²) < 4.78 is 0. The van der Waals surface area contributed by atoms with E-state index in [0.29, 0.717) is 60.4 Å². The Hall–Kier alpha value is -4.03. The average molecular weight is 591 g/mol. The number of fused-ring (bicyclic) bond motifs is 2. The molecule has 0 unspecified atom stereocenters. The number of aromatic nitrogens is 1. The number of aliphatic carboxylic acids is 1. The van der Waals surface area contributed by atoms with Gasteiger partial charge in [-0.25, -0.2) is 0 Å². The van der Waals surface area contributed by atoms with Crippen molar-refractivity contribution in [3.8, 4) is 5.75 Å². The number of aliphatic hydroxyl groups is 1. The Morgan fingerprint density at radius 1 is 0.976 bits per heavy atom. The topological polar surface area (TPSA) is 164 Å². The van der Waals surface area contributed by atoms with Gasteiger partial charge in [0.15, 0.2) is 0 Å². The number of hydrogen-bond acceptors (Lipinski definition) is 8. The minimum absolute atomic E-state index is 0.0499. The number of nitrogens with one attached hydrogen (secondary N) is 4. The second-order valence-electron chi connectivity index (χ2n) is 10.6. The molecule has 2 aromatic heterocycles. The maximum atomic E-state index is 12.6. The molecular weight excluding hydrogens is 556 g/mol. The monoisotopic (exact) mass is 590 g/mol. The third-order valence-corrected chi connectivity index (χ3v) is 8.75. The molecule has 5 rings (SSSR count). The molecule has 0 fully saturated rings. The van der Waals surface area contributed by atoms with E-state index < -0.39 is 17.6 Å². The molecule has 10 nitrogen and oxygen atoms in total. The summed E-state index contributed by atoms with van der Waals surface area (Å²) in [7, 11) is 0. The standard InChI is InChI=1S/C31H34N4O6S/c36-24-10-8-22(23-9-12-27(38)35-28(23)24)25(37)18-32-13-3-4-14-33-29(39)26-11-7-21(42-26)17-34-31(30(40)41)15-19-5-1-2-6-20(19)16-31/h1-2,5-12,25,32,34,36-37H,3-4,13-18H2,(H,33,39)(H,35,38)(H,40,41)/t25-/m0/s1. The lowest BCUT2D eigenvalue weighted by Gasteiger charge is -2.25. The number of phenolic OH excluding ortho intramolecular Hbond substituents is 1. The zero-order chi connectivity index (χ0) is 29.7. The molecule has 0 aliphatic heterocycles. The van der Waals surface area contributed by atoms with Crippen LogP contribution in [0.2, 0.25) is 0 Å². The number of hydrogen-bond donors (Lipinski definition) is 7. The summed E-state index contributed by atoms with van der Waals surface area (Å²) in [4.78, 5) is 40.4. The number of phenols is 1. The smallest absolute Gasteiger partial charge is 0.324 e. The zero-order valence-corrected chi connectivity index (χ0v) is 23.8. The van der Waals surface area contributed by atoms with Crippen molar-refractivity contribution < 1.29 is 24.9 Å². The third kappa shape index (κ3) is 6.55. The maximum Gasteiger partial charge on any atom is 0.324 e. The van der Waals surface area contributed by atoms with E-state index in [2.05, 4.69) is 20.9 Å². The van der Waals surface area contributed by atoms with Gasteiger partial charge >= 0.3 is 5.97 Å². The van der Waals surface area contributed by atoms with Crippen molar-refractivity contribution >= 4 is 34.1 Å². The number of H-pyrrole nitrogens is 1. The van der Waals surface area contributed by atoms with E-state index in [4.69, 9.17) is 0 Å². The van der Waals surface area contributed by atoms with Gasteiger partial charge in [0, 0.05) is 48.8 Å². The molecule has 2 heterocycles. The molecule has 0 spiro atoms. The quantitative estimate of drug-likeness (QED) is 0.117. The highest BCUT2D eigenvalue weighted by molar-refractivity contribution is 7.14. The lowest BCUT2D eigenvalue weighted by Crippen LogP contribution is -2.52. The normalized spacial score (nSPS) is 14.5. The SMILES string of the molecule is O=C(NCCCCNC[C@H](O)c1ccc(O)c2[nH]c(=O)ccc12)c1ccc(CNC2(C(=O)O)Cc3ccccc3C2)s1. The van der Waals surface area contributed by atoms with Gasteiger partial charge in [-0.3, -0.25) is 19.7 Å². The van der Waals surface area contributed by atoms with E-state index in [1.807, 2.05) is 30.3 Å². The second-order valence-corrected chi connectivity index (χ2v) is 11.8. The molecule has 4 aromatic rings. The van der Waals surface area contributed by atoms with Crippen molar-refractivity contribution in [2.45, 2.75) is 43.9 Å². The molecule has 220 valence electrons. The van der Waals surface area contributed by atoms with Crippen molar-refractivity contribution in [2.75, 3.05) is 19.6 Å². The molecule has 1 aliphatic carbocycles. The van der Waals surface area contributed by atoms with Crippen molar-refractivity contribution in [1.29, 1.82) is 0 Å². The van der Waals surface area contributed by atoms with E-state index >= 15 is 0 Å². The first kappa shape index (κ1) is 29.5. The van der Waals surface area contributed by atoms with Crippen molar-refractivity contribution in [3.05, 3.63) is 97.5 Å². The number of aliphatic hydroxyl groups excluding tert-OH is 1. The Bertz CT molecular complexity index is 1620. The number of aromatic hydroxyl groups is 1. The number of aromatic amines is 1. The number of thiophene rings is 1. The molecule has 42 heavy (non-hydrogen) atoms. The molecule has 1 atom stereocenters. The van der Waals surface area contributed by atoms with Gasteiger partial charge in [0.1, 0.15) is 11.3 Å². The maximum absolute atomic E-state index is 12.6. The van der Waals surface area contributed by atoms with E-state index in [1.165, 1.54) is 23.5 Å². The van der Waals surface area contributed by atoms with Gasteiger partial charge in [0.25, 0.3) is 5.91 Å². The minimum atomic E-state index is -1.04. The van der Waals surface area contributed by atoms with E-state index in [0.717, 1.165) is 28.8 Å². The highest BCUT2D eigenvalue weighted by Gasteiger charge is 2.43. The van der Waals surface area contributed by atoms with Crippen molar-refractivity contribution in [2.24, 2.45) is 0 Å². The Kier molecular flexibility index (Phi) is 9.03. The molecular formula is C31H34N4O6S. The summed E-state index contributed by atoms with van der Waals surface area (Å²) in [6.07, 6.45) is 1.58. The number of carboxylic acids is 1. The second kappa shape index (κ2) is 12.9. The number of carboxylic acid groups (broad SMARTS) is 1. The van der Waals surface area contributed by atoms with Gasteiger partial charge in [0.2, 0.25) is 5.56 Å². The lowest BCUT2D eigenvalue weighted by molar-refractivity contribution is -0.144. The Balaban J connectivity index is 1.02. The van der Waals surface area contributed by atoms with Gasteiger partial charge in [-0.15, -0.1) is 11.3 Å². The summed E-state index contributed by atoms with van der Waals surface area (Å²) in [6, 6.07) is 17.5. The van der Waals surface area contributed by atoms with Gasteiger partial charge < -0.3 is 30.9 Å². The third-order valence-electron chi connectivity index (χ3n) is 7.67. The fraction of sp³-hybridized carbons (Fsp3) is 0.323. The minimum Gasteiger partial charge on any atom is -0.506 e. The molecule has 11 heteroatoms. The summed E-state index contributed by atoms with van der Waals surface area (Å²) in [5.74, 6) is -1.08. The van der Waals surface area contributed by atoms with Crippen LogP contribution in [-0.4, -0.2) is 57.4 Å². The number of carbonyl (C=O) groups is 2. The average Bonchev–Trinajstić information content (AvgIpc) is 3.61. The van der Waals surface area contributed by atoms with Crippen LogP contribution >= 0.6 is 11.3 Å². The Morgan fingerprint density at radius 2 is 1.71 bits per heavy atom. The molecule has 0 saturated heterocycles. The summed E-state index contributed by atoms with van der Waals surface area (Å²) in [5, 5.41) is 40.6. The van der Waals surface area contributed by atoms with Gasteiger partial charge in [-0.1, -0.05) is 30.3 Å². The van der Waals surface area contributed by atoms with Gasteiger partial charge in [-0.2, -0.15) is 0 Å².